The summed E-state index contributed by atoms with van der Waals surface area (Å²) in [5, 5.41) is 1.79. The van der Waals surface area contributed by atoms with E-state index in [9.17, 15) is 4.79 Å². The number of ether oxygens (including phenoxy) is 1. The van der Waals surface area contributed by atoms with Crippen molar-refractivity contribution in [3.05, 3.63) is 60.1 Å². The smallest absolute Gasteiger partial charge is 0.410 e. The van der Waals surface area contributed by atoms with Crippen molar-refractivity contribution in [2.75, 3.05) is 18.0 Å². The summed E-state index contributed by atoms with van der Waals surface area (Å²) < 4.78 is 38.0. The van der Waals surface area contributed by atoms with E-state index in [1.807, 2.05) is 32.9 Å². The van der Waals surface area contributed by atoms with Gasteiger partial charge in [0.15, 0.2) is 5.82 Å². The summed E-state index contributed by atoms with van der Waals surface area (Å²) in [5.41, 5.74) is 5.18. The van der Waals surface area contributed by atoms with E-state index in [-0.39, 0.29) is 35.0 Å². The Morgan fingerprint density at radius 2 is 1.69 bits per heavy atom. The Labute approximate surface area is 283 Å². The summed E-state index contributed by atoms with van der Waals surface area (Å²) in [6, 6.07) is 8.68. The van der Waals surface area contributed by atoms with Gasteiger partial charge in [0.1, 0.15) is 42.8 Å². The van der Waals surface area contributed by atoms with Crippen LogP contribution >= 0.6 is 0 Å². The van der Waals surface area contributed by atoms with E-state index in [2.05, 4.69) is 72.9 Å². The summed E-state index contributed by atoms with van der Waals surface area (Å²) in [6.45, 7) is 20.0. The molecule has 4 heterocycles. The summed E-state index contributed by atoms with van der Waals surface area (Å²) in [6.07, 6.45) is 3.41. The average Bonchev–Trinajstić information content (AvgIpc) is 3.33. The zero-order chi connectivity index (χ0) is 34.7. The van der Waals surface area contributed by atoms with Gasteiger partial charge in [-0.1, -0.05) is 71.7 Å². The molecule has 4 aromatic rings. The highest BCUT2D eigenvalue weighted by Gasteiger charge is 2.50. The molecule has 0 spiro atoms. The van der Waals surface area contributed by atoms with Crippen LogP contribution in [0.15, 0.2) is 42.9 Å². The quantitative estimate of drug-likeness (QED) is 0.156. The Morgan fingerprint density at radius 3 is 2.35 bits per heavy atom. The third-order valence-electron chi connectivity index (χ3n) is 10.3. The van der Waals surface area contributed by atoms with Gasteiger partial charge in [0.25, 0.3) is 0 Å². The van der Waals surface area contributed by atoms with Gasteiger partial charge in [0.2, 0.25) is 0 Å². The van der Waals surface area contributed by atoms with Crippen LogP contribution in [-0.4, -0.2) is 64.8 Å². The van der Waals surface area contributed by atoms with Crippen molar-refractivity contribution in [2.45, 2.75) is 103 Å². The minimum atomic E-state index is -2.18. The number of halogens is 2. The fraction of sp³-hybridized carbons (Fsp3) is 0.474. The van der Waals surface area contributed by atoms with E-state index >= 15 is 8.78 Å². The van der Waals surface area contributed by atoms with Crippen LogP contribution < -0.4 is 4.90 Å². The zero-order valence-corrected chi connectivity index (χ0v) is 30.4. The number of pyridine rings is 1. The van der Waals surface area contributed by atoms with Crippen LogP contribution in [0.1, 0.15) is 74.3 Å². The van der Waals surface area contributed by atoms with Crippen molar-refractivity contribution in [3.8, 4) is 22.7 Å². The first-order chi connectivity index (χ1) is 22.7. The average molecular weight is 670 g/mol. The maximum absolute atomic E-state index is 16.6. The molecule has 0 aliphatic carbocycles. The molecule has 7 nitrogen and oxygen atoms in total. The lowest BCUT2D eigenvalue weighted by molar-refractivity contribution is 0.0193. The molecule has 0 bridgehead atoms. The maximum atomic E-state index is 16.6. The molecule has 0 saturated carbocycles. The highest BCUT2D eigenvalue weighted by molar-refractivity contribution is 6.90. The molecular weight excluding hydrogens is 625 g/mol. The van der Waals surface area contributed by atoms with Crippen molar-refractivity contribution < 1.29 is 18.3 Å². The molecule has 2 fully saturated rings. The largest absolute Gasteiger partial charge is 0.444 e. The Hall–Kier alpha value is -4.10. The maximum Gasteiger partial charge on any atom is 0.410 e. The van der Waals surface area contributed by atoms with Gasteiger partial charge in [-0.15, -0.1) is 5.54 Å². The number of likely N-dealkylation sites (tertiary alicyclic amines) is 1. The van der Waals surface area contributed by atoms with E-state index in [1.54, 1.807) is 23.2 Å². The third kappa shape index (κ3) is 5.60. The van der Waals surface area contributed by atoms with E-state index in [4.69, 9.17) is 4.74 Å². The molecule has 0 N–H and O–H groups in total. The molecule has 6 rings (SSSR count). The van der Waals surface area contributed by atoms with Gasteiger partial charge >= 0.3 is 6.09 Å². The van der Waals surface area contributed by atoms with Crippen LogP contribution in [0.5, 0.6) is 0 Å². The monoisotopic (exact) mass is 669 g/mol. The molecule has 10 heteroatoms. The topological polar surface area (TPSA) is 71.5 Å². The first-order valence-electron chi connectivity index (χ1n) is 17.0. The second-order valence-electron chi connectivity index (χ2n) is 15.1. The first kappa shape index (κ1) is 33.8. The molecule has 2 atom stereocenters. The minimum Gasteiger partial charge on any atom is -0.444 e. The van der Waals surface area contributed by atoms with Crippen LogP contribution in [0, 0.1) is 23.1 Å². The van der Waals surface area contributed by atoms with Crippen molar-refractivity contribution in [2.24, 2.45) is 0 Å². The van der Waals surface area contributed by atoms with Gasteiger partial charge in [-0.25, -0.2) is 23.5 Å². The number of hydrogen-bond acceptors (Lipinski definition) is 6. The number of carbonyl (C=O) groups is 1. The van der Waals surface area contributed by atoms with Gasteiger partial charge in [-0.2, -0.15) is 0 Å². The molecule has 48 heavy (non-hydrogen) atoms. The lowest BCUT2D eigenvalue weighted by atomic mass is 9.95. The molecule has 0 unspecified atom stereocenters. The van der Waals surface area contributed by atoms with Crippen molar-refractivity contribution >= 4 is 41.7 Å². The first-order valence-corrected chi connectivity index (χ1v) is 19.2. The van der Waals surface area contributed by atoms with Crippen LogP contribution in [0.2, 0.25) is 16.6 Å². The summed E-state index contributed by atoms with van der Waals surface area (Å²) in [5.74, 6) is 2.86. The number of aromatic nitrogens is 3. The standard InChI is InChI=1S/C38H45F2N5O2Si/c1-22(2)48(23(3)4,24(5)6)18-16-26-29(39)14-13-25-11-10-12-27(32(25)26)34-33(40)35-28(19-41-34)36(43-21-42-35)45-20-31-30(45)15-17-44(31)37(46)47-38(7,8)9/h10-14,19,21-24,30-31H,15,17,20H2,1-9H3/t30-,31-/m1/s1. The number of fused-ring (bicyclic) bond motifs is 3. The number of carbonyl (C=O) groups excluding carboxylic acids is 1. The minimum absolute atomic E-state index is 0.00376. The highest BCUT2D eigenvalue weighted by Crippen LogP contribution is 2.43. The normalized spacial score (nSPS) is 18.0. The predicted molar refractivity (Wildman–Crippen MR) is 191 cm³/mol. The number of nitrogens with zero attached hydrogens (tertiary/aromatic N) is 5. The van der Waals surface area contributed by atoms with Crippen LogP contribution in [0.25, 0.3) is 32.9 Å². The van der Waals surface area contributed by atoms with Gasteiger partial charge in [0.05, 0.1) is 23.0 Å². The zero-order valence-electron chi connectivity index (χ0n) is 29.4. The van der Waals surface area contributed by atoms with Gasteiger partial charge < -0.3 is 14.5 Å². The number of benzene rings is 2. The summed E-state index contributed by atoms with van der Waals surface area (Å²) in [7, 11) is -2.18. The molecular formula is C38H45F2N5O2Si. The van der Waals surface area contributed by atoms with Crippen molar-refractivity contribution in [3.63, 3.8) is 0 Å². The van der Waals surface area contributed by atoms with Crippen LogP contribution in [0.4, 0.5) is 19.4 Å². The number of rotatable bonds is 5. The van der Waals surface area contributed by atoms with Crippen LogP contribution in [0.3, 0.4) is 0 Å². The van der Waals surface area contributed by atoms with Crippen molar-refractivity contribution in [1.29, 1.82) is 0 Å². The second-order valence-corrected chi connectivity index (χ2v) is 20.7. The van der Waals surface area contributed by atoms with E-state index in [0.717, 1.165) is 11.8 Å². The Bertz CT molecular complexity index is 1940. The molecule has 252 valence electrons. The predicted octanol–water partition coefficient (Wildman–Crippen LogP) is 8.89. The Morgan fingerprint density at radius 1 is 0.979 bits per heavy atom. The SMILES string of the molecule is CC(C)[Si](C#Cc1c(F)ccc2cccc(-c3ncc4c(N5C[C@@H]6[C@H]5CCN6C(=O)OC(C)(C)C)ncnc4c3F)c12)(C(C)C)C(C)C. The van der Waals surface area contributed by atoms with E-state index in [1.165, 1.54) is 12.4 Å². The fourth-order valence-corrected chi connectivity index (χ4v) is 13.3. The van der Waals surface area contributed by atoms with E-state index in [0.29, 0.717) is 51.9 Å². The lowest BCUT2D eigenvalue weighted by Gasteiger charge is -2.47. The van der Waals surface area contributed by atoms with Gasteiger partial charge in [-0.3, -0.25) is 4.98 Å². The van der Waals surface area contributed by atoms with E-state index < -0.39 is 25.3 Å². The molecule has 2 saturated heterocycles. The summed E-state index contributed by atoms with van der Waals surface area (Å²) in [4.78, 5) is 30.2. The third-order valence-corrected chi connectivity index (χ3v) is 16.6. The molecule has 2 aliphatic heterocycles. The molecule has 2 aromatic carbocycles. The Kier molecular flexibility index (Phi) is 8.73. The van der Waals surface area contributed by atoms with Gasteiger partial charge in [0, 0.05) is 30.2 Å². The molecule has 1 amide bonds. The number of amides is 1. The summed E-state index contributed by atoms with van der Waals surface area (Å²) >= 11 is 0. The lowest BCUT2D eigenvalue weighted by Crippen LogP contribution is -2.63. The fourth-order valence-electron chi connectivity index (χ4n) is 8.08. The Balaban J connectivity index is 1.41. The second kappa shape index (κ2) is 12.4. The molecule has 2 aliphatic rings. The van der Waals surface area contributed by atoms with Crippen molar-refractivity contribution in [1.82, 2.24) is 19.9 Å². The number of anilines is 1. The van der Waals surface area contributed by atoms with Gasteiger partial charge in [-0.05, 0) is 55.3 Å². The van der Waals surface area contributed by atoms with Crippen LogP contribution in [-0.2, 0) is 4.74 Å². The molecule has 0 radical (unpaired) electrons. The number of hydrogen-bond donors (Lipinski definition) is 0. The molecule has 2 aromatic heterocycles. The highest BCUT2D eigenvalue weighted by atomic mass is 28.3.